The molecule has 5 heteroatoms. The molecule has 0 aliphatic carbocycles. The lowest BCUT2D eigenvalue weighted by Gasteiger charge is -2.19. The number of rotatable bonds is 1. The molecular weight excluding hydrogens is 282 g/mol. The first kappa shape index (κ1) is 14.6. The van der Waals surface area contributed by atoms with E-state index in [4.69, 9.17) is 9.47 Å². The van der Waals surface area contributed by atoms with E-state index in [9.17, 15) is 9.59 Å². The molecule has 0 saturated carbocycles. The summed E-state index contributed by atoms with van der Waals surface area (Å²) in [6.07, 6.45) is 1.99. The van der Waals surface area contributed by atoms with E-state index in [0.717, 1.165) is 16.5 Å². The van der Waals surface area contributed by atoms with Crippen molar-refractivity contribution in [3.8, 4) is 0 Å². The Hall–Kier alpha value is -2.30. The summed E-state index contributed by atoms with van der Waals surface area (Å²) >= 11 is 0. The molecule has 1 unspecified atom stereocenters. The van der Waals surface area contributed by atoms with Crippen molar-refractivity contribution in [1.29, 1.82) is 0 Å². The number of ether oxygens (including phenoxy) is 2. The summed E-state index contributed by atoms with van der Waals surface area (Å²) in [5, 5.41) is 0.906. The van der Waals surface area contributed by atoms with E-state index >= 15 is 0 Å². The molecule has 1 aliphatic heterocycles. The molecule has 0 radical (unpaired) electrons. The minimum absolute atomic E-state index is 0.175. The summed E-state index contributed by atoms with van der Waals surface area (Å²) in [7, 11) is 0. The molecule has 1 aromatic heterocycles. The lowest BCUT2D eigenvalue weighted by molar-refractivity contribution is -0.139. The third kappa shape index (κ3) is 2.71. The molecule has 5 nitrogen and oxygen atoms in total. The Kier molecular flexibility index (Phi) is 3.43. The van der Waals surface area contributed by atoms with E-state index in [2.05, 4.69) is 0 Å². The van der Waals surface area contributed by atoms with Crippen molar-refractivity contribution in [2.24, 2.45) is 0 Å². The van der Waals surface area contributed by atoms with Gasteiger partial charge in [-0.1, -0.05) is 6.07 Å². The van der Waals surface area contributed by atoms with Crippen molar-refractivity contribution < 1.29 is 19.1 Å². The lowest BCUT2D eigenvalue weighted by atomic mass is 9.97. The van der Waals surface area contributed by atoms with Crippen LogP contribution in [0.4, 0.5) is 4.79 Å². The van der Waals surface area contributed by atoms with E-state index in [1.807, 2.05) is 45.0 Å². The highest BCUT2D eigenvalue weighted by Crippen LogP contribution is 2.29. The van der Waals surface area contributed by atoms with Crippen LogP contribution in [0, 0.1) is 0 Å². The Labute approximate surface area is 128 Å². The number of hydrogen-bond donors (Lipinski definition) is 0. The summed E-state index contributed by atoms with van der Waals surface area (Å²) in [6.45, 7) is 5.97. The zero-order valence-electron chi connectivity index (χ0n) is 13.0. The fraction of sp³-hybridized carbons (Fsp3) is 0.412. The zero-order chi connectivity index (χ0) is 15.9. The van der Waals surface area contributed by atoms with Gasteiger partial charge in [0.05, 0.1) is 18.0 Å². The first-order valence-corrected chi connectivity index (χ1v) is 7.36. The maximum atomic E-state index is 12.2. The minimum Gasteiger partial charge on any atom is -0.465 e. The van der Waals surface area contributed by atoms with Gasteiger partial charge in [0.1, 0.15) is 5.60 Å². The Morgan fingerprint density at radius 2 is 2.09 bits per heavy atom. The van der Waals surface area contributed by atoms with Gasteiger partial charge < -0.3 is 9.47 Å². The predicted octanol–water partition coefficient (Wildman–Crippen LogP) is 3.46. The Bertz CT molecular complexity index is 739. The number of aromatic nitrogens is 1. The normalized spacial score (nSPS) is 18.5. The van der Waals surface area contributed by atoms with Crippen molar-refractivity contribution in [1.82, 2.24) is 4.57 Å². The van der Waals surface area contributed by atoms with Gasteiger partial charge in [0, 0.05) is 11.6 Å². The molecule has 1 saturated heterocycles. The smallest absolute Gasteiger partial charge is 0.418 e. The molecule has 1 aliphatic rings. The second-order valence-corrected chi connectivity index (χ2v) is 6.49. The number of esters is 1. The molecule has 116 valence electrons. The van der Waals surface area contributed by atoms with Gasteiger partial charge in [-0.3, -0.25) is 9.36 Å². The van der Waals surface area contributed by atoms with Crippen LogP contribution in [0.15, 0.2) is 30.5 Å². The fourth-order valence-electron chi connectivity index (χ4n) is 2.65. The maximum absolute atomic E-state index is 12.2. The van der Waals surface area contributed by atoms with Crippen molar-refractivity contribution in [3.63, 3.8) is 0 Å². The molecule has 2 aromatic rings. The summed E-state index contributed by atoms with van der Waals surface area (Å²) < 4.78 is 11.9. The molecule has 0 bridgehead atoms. The zero-order valence-corrected chi connectivity index (χ0v) is 13.0. The van der Waals surface area contributed by atoms with Crippen LogP contribution in [0.5, 0.6) is 0 Å². The summed E-state index contributed by atoms with van der Waals surface area (Å²) in [5.74, 6) is -0.375. The number of carbonyl (C=O) groups excluding carboxylic acids is 2. The third-order valence-electron chi connectivity index (χ3n) is 3.64. The first-order chi connectivity index (χ1) is 10.3. The number of hydrogen-bond acceptors (Lipinski definition) is 4. The first-order valence-electron chi connectivity index (χ1n) is 7.36. The maximum Gasteiger partial charge on any atom is 0.418 e. The van der Waals surface area contributed by atoms with Gasteiger partial charge in [0.2, 0.25) is 0 Å². The second kappa shape index (κ2) is 5.16. The van der Waals surface area contributed by atoms with Gasteiger partial charge in [0.25, 0.3) is 0 Å². The molecule has 1 aromatic carbocycles. The highest BCUT2D eigenvalue weighted by molar-refractivity contribution is 5.91. The van der Waals surface area contributed by atoms with Gasteiger partial charge in [0.15, 0.2) is 0 Å². The average molecular weight is 301 g/mol. The van der Waals surface area contributed by atoms with Crippen LogP contribution >= 0.6 is 0 Å². The highest BCUT2D eigenvalue weighted by Gasteiger charge is 2.28. The summed E-state index contributed by atoms with van der Waals surface area (Å²) in [5.41, 5.74) is 1.16. The molecule has 3 rings (SSSR count). The lowest BCUT2D eigenvalue weighted by Crippen LogP contribution is -2.26. The van der Waals surface area contributed by atoms with Crippen molar-refractivity contribution in [2.75, 3.05) is 6.61 Å². The van der Waals surface area contributed by atoms with E-state index in [-0.39, 0.29) is 11.9 Å². The van der Waals surface area contributed by atoms with E-state index in [0.29, 0.717) is 13.0 Å². The topological polar surface area (TPSA) is 57.5 Å². The van der Waals surface area contributed by atoms with Gasteiger partial charge in [-0.25, -0.2) is 4.79 Å². The van der Waals surface area contributed by atoms with Crippen LogP contribution in [0.25, 0.3) is 10.9 Å². The molecule has 0 N–H and O–H groups in total. The predicted molar refractivity (Wildman–Crippen MR) is 81.9 cm³/mol. The third-order valence-corrected chi connectivity index (χ3v) is 3.64. The quantitative estimate of drug-likeness (QED) is 0.757. The molecule has 1 fully saturated rings. The van der Waals surface area contributed by atoms with Gasteiger partial charge in [-0.05, 0) is 51.0 Å². The van der Waals surface area contributed by atoms with Gasteiger partial charge in [-0.2, -0.15) is 0 Å². The second-order valence-electron chi connectivity index (χ2n) is 6.49. The highest BCUT2D eigenvalue weighted by atomic mass is 16.6. The standard InChI is InChI=1S/C17H19NO4/c1-17(2,3)22-16(20)18-8-6-12-10-11(4-5-14(12)18)13-7-9-21-15(13)19/h4-6,8,10,13H,7,9H2,1-3H3. The fourth-order valence-corrected chi connectivity index (χ4v) is 2.65. The summed E-state index contributed by atoms with van der Waals surface area (Å²) in [4.78, 5) is 23.9. The number of cyclic esters (lactones) is 1. The Morgan fingerprint density at radius 3 is 2.73 bits per heavy atom. The van der Waals surface area contributed by atoms with E-state index in [1.54, 1.807) is 6.20 Å². The summed E-state index contributed by atoms with van der Waals surface area (Å²) in [6, 6.07) is 7.51. The Balaban J connectivity index is 1.93. The SMILES string of the molecule is CC(C)(C)OC(=O)n1ccc2cc(C3CCOC3=O)ccc21. The molecule has 1 atom stereocenters. The van der Waals surface area contributed by atoms with Gasteiger partial charge >= 0.3 is 12.1 Å². The van der Waals surface area contributed by atoms with Crippen LogP contribution in [0.2, 0.25) is 0 Å². The van der Waals surface area contributed by atoms with Crippen molar-refractivity contribution in [3.05, 3.63) is 36.0 Å². The molecular formula is C17H19NO4. The van der Waals surface area contributed by atoms with Crippen LogP contribution in [-0.2, 0) is 14.3 Å². The average Bonchev–Trinajstić information content (AvgIpc) is 3.01. The van der Waals surface area contributed by atoms with E-state index in [1.165, 1.54) is 4.57 Å². The van der Waals surface area contributed by atoms with Crippen LogP contribution in [-0.4, -0.2) is 28.8 Å². The minimum atomic E-state index is -0.540. The number of nitrogens with zero attached hydrogens (tertiary/aromatic N) is 1. The molecule has 22 heavy (non-hydrogen) atoms. The van der Waals surface area contributed by atoms with Crippen molar-refractivity contribution >= 4 is 23.0 Å². The number of fused-ring (bicyclic) bond motifs is 1. The molecule has 0 amide bonds. The Morgan fingerprint density at radius 1 is 1.32 bits per heavy atom. The van der Waals surface area contributed by atoms with Crippen molar-refractivity contribution in [2.45, 2.75) is 38.7 Å². The number of benzene rings is 1. The van der Waals surface area contributed by atoms with Crippen LogP contribution < -0.4 is 0 Å². The van der Waals surface area contributed by atoms with Gasteiger partial charge in [-0.15, -0.1) is 0 Å². The molecule has 2 heterocycles. The molecule has 0 spiro atoms. The van der Waals surface area contributed by atoms with Crippen LogP contribution in [0.3, 0.4) is 0 Å². The van der Waals surface area contributed by atoms with E-state index < -0.39 is 11.7 Å². The monoisotopic (exact) mass is 301 g/mol. The largest absolute Gasteiger partial charge is 0.465 e. The number of carbonyl (C=O) groups is 2. The van der Waals surface area contributed by atoms with Crippen LogP contribution in [0.1, 0.15) is 38.7 Å².